The molecule has 7 heteroatoms. The summed E-state index contributed by atoms with van der Waals surface area (Å²) in [7, 11) is 0. The number of aromatic nitrogens is 3. The molecule has 7 nitrogen and oxygen atoms in total. The van der Waals surface area contributed by atoms with E-state index in [-0.39, 0.29) is 17.6 Å². The Bertz CT molecular complexity index is 751. The molecule has 0 aliphatic heterocycles. The van der Waals surface area contributed by atoms with Gasteiger partial charge in [-0.2, -0.15) is 9.90 Å². The third-order valence-corrected chi connectivity index (χ3v) is 4.32. The Hall–Kier alpha value is -2.70. The van der Waals surface area contributed by atoms with Crippen LogP contribution < -0.4 is 5.32 Å². The molecule has 0 bridgehead atoms. The molecule has 1 heterocycles. The molecular weight excluding hydrogens is 320 g/mol. The van der Waals surface area contributed by atoms with E-state index in [1.807, 2.05) is 30.3 Å². The van der Waals surface area contributed by atoms with Crippen molar-refractivity contribution in [3.05, 3.63) is 41.7 Å². The van der Waals surface area contributed by atoms with Crippen LogP contribution in [0.15, 0.2) is 30.3 Å². The Morgan fingerprint density at radius 3 is 2.56 bits per heavy atom. The second-order valence-electron chi connectivity index (χ2n) is 6.30. The Morgan fingerprint density at radius 1 is 1.20 bits per heavy atom. The van der Waals surface area contributed by atoms with E-state index in [9.17, 15) is 9.59 Å². The Labute approximate surface area is 146 Å². The first-order chi connectivity index (χ1) is 12.0. The quantitative estimate of drug-likeness (QED) is 0.842. The highest BCUT2D eigenvalue weighted by atomic mass is 16.5. The van der Waals surface area contributed by atoms with Gasteiger partial charge in [0.05, 0.1) is 11.4 Å². The fraction of sp³-hybridized carbons (Fsp3) is 0.444. The summed E-state index contributed by atoms with van der Waals surface area (Å²) < 4.78 is 5.27. The maximum absolute atomic E-state index is 12.3. The van der Waals surface area contributed by atoms with Crippen molar-refractivity contribution in [2.45, 2.75) is 51.7 Å². The van der Waals surface area contributed by atoms with Gasteiger partial charge in [-0.25, -0.2) is 4.79 Å². The number of carbonyl (C=O) groups excluding carboxylic acids is 2. The summed E-state index contributed by atoms with van der Waals surface area (Å²) >= 11 is 0. The highest BCUT2D eigenvalue weighted by Gasteiger charge is 2.26. The first-order valence-electron chi connectivity index (χ1n) is 8.55. The molecule has 2 aromatic rings. The highest BCUT2D eigenvalue weighted by molar-refractivity contribution is 5.91. The molecule has 1 saturated carbocycles. The summed E-state index contributed by atoms with van der Waals surface area (Å²) in [5.74, 6) is -0.915. The third-order valence-electron chi connectivity index (χ3n) is 4.32. The average Bonchev–Trinajstić information content (AvgIpc) is 3.25. The van der Waals surface area contributed by atoms with Gasteiger partial charge in [-0.05, 0) is 38.8 Å². The molecule has 0 spiro atoms. The maximum atomic E-state index is 12.3. The Balaban J connectivity index is 1.64. The molecule has 25 heavy (non-hydrogen) atoms. The van der Waals surface area contributed by atoms with E-state index in [2.05, 4.69) is 15.5 Å². The number of benzene rings is 1. The van der Waals surface area contributed by atoms with Crippen LogP contribution in [-0.2, 0) is 9.53 Å². The van der Waals surface area contributed by atoms with E-state index in [4.69, 9.17) is 4.74 Å². The number of rotatable bonds is 5. The van der Waals surface area contributed by atoms with Gasteiger partial charge in [0.1, 0.15) is 0 Å². The van der Waals surface area contributed by atoms with Crippen LogP contribution in [0.3, 0.4) is 0 Å². The van der Waals surface area contributed by atoms with Crippen LogP contribution in [0, 0.1) is 6.92 Å². The van der Waals surface area contributed by atoms with Crippen molar-refractivity contribution >= 4 is 11.9 Å². The molecule has 132 valence electrons. The maximum Gasteiger partial charge on any atom is 0.361 e. The number of para-hydroxylation sites is 1. The molecule has 3 rings (SSSR count). The van der Waals surface area contributed by atoms with Crippen LogP contribution in [0.4, 0.5) is 0 Å². The number of nitrogens with one attached hydrogen (secondary N) is 1. The minimum absolute atomic E-state index is 0.115. The van der Waals surface area contributed by atoms with Crippen LogP contribution in [0.1, 0.15) is 48.8 Å². The molecule has 1 aliphatic rings. The number of nitrogens with zero attached hydrogens (tertiary/aromatic N) is 3. The summed E-state index contributed by atoms with van der Waals surface area (Å²) in [5.41, 5.74) is 1.32. The van der Waals surface area contributed by atoms with Gasteiger partial charge in [0.15, 0.2) is 11.8 Å². The first kappa shape index (κ1) is 17.1. The molecular formula is C18H22N4O3. The SMILES string of the molecule is Cc1nn(-c2ccccc2)nc1C(=O)OC(C)C(=O)NC1CCCC1. The fourth-order valence-corrected chi connectivity index (χ4v) is 2.90. The van der Waals surface area contributed by atoms with Crippen molar-refractivity contribution in [1.29, 1.82) is 0 Å². The molecule has 1 aromatic heterocycles. The summed E-state index contributed by atoms with van der Waals surface area (Å²) in [6.07, 6.45) is 3.35. The zero-order valence-electron chi connectivity index (χ0n) is 14.4. The predicted molar refractivity (Wildman–Crippen MR) is 91.4 cm³/mol. The minimum atomic E-state index is -0.866. The lowest BCUT2D eigenvalue weighted by Gasteiger charge is -2.16. The van der Waals surface area contributed by atoms with E-state index in [0.29, 0.717) is 5.69 Å². The van der Waals surface area contributed by atoms with Gasteiger partial charge in [-0.15, -0.1) is 5.10 Å². The minimum Gasteiger partial charge on any atom is -0.448 e. The third kappa shape index (κ3) is 4.04. The van der Waals surface area contributed by atoms with Crippen molar-refractivity contribution < 1.29 is 14.3 Å². The number of aryl methyl sites for hydroxylation is 1. The lowest BCUT2D eigenvalue weighted by Crippen LogP contribution is -2.41. The summed E-state index contributed by atoms with van der Waals surface area (Å²) in [5, 5.41) is 11.4. The lowest BCUT2D eigenvalue weighted by molar-refractivity contribution is -0.129. The summed E-state index contributed by atoms with van der Waals surface area (Å²) in [6, 6.07) is 9.48. The second kappa shape index (κ2) is 7.46. The second-order valence-corrected chi connectivity index (χ2v) is 6.30. The van der Waals surface area contributed by atoms with Crippen molar-refractivity contribution in [2.24, 2.45) is 0 Å². The van der Waals surface area contributed by atoms with Crippen LogP contribution in [-0.4, -0.2) is 39.0 Å². The topological polar surface area (TPSA) is 86.1 Å². The van der Waals surface area contributed by atoms with Crippen molar-refractivity contribution in [2.75, 3.05) is 0 Å². The number of esters is 1. The Kier molecular flexibility index (Phi) is 5.11. The van der Waals surface area contributed by atoms with Crippen molar-refractivity contribution in [3.63, 3.8) is 0 Å². The van der Waals surface area contributed by atoms with Gasteiger partial charge in [0.2, 0.25) is 0 Å². The molecule has 1 amide bonds. The van der Waals surface area contributed by atoms with Gasteiger partial charge in [0.25, 0.3) is 5.91 Å². The smallest absolute Gasteiger partial charge is 0.361 e. The largest absolute Gasteiger partial charge is 0.448 e. The predicted octanol–water partition coefficient (Wildman–Crippen LogP) is 2.18. The standard InChI is InChI=1S/C18H22N4O3/c1-12-16(21-22(20-12)15-10-4-3-5-11-15)18(24)25-13(2)17(23)19-14-8-6-7-9-14/h3-5,10-11,13-14H,6-9H2,1-2H3,(H,19,23). The average molecular weight is 342 g/mol. The zero-order chi connectivity index (χ0) is 17.8. The van der Waals surface area contributed by atoms with E-state index in [1.54, 1.807) is 13.8 Å². The van der Waals surface area contributed by atoms with Gasteiger partial charge in [-0.1, -0.05) is 31.0 Å². The molecule has 0 radical (unpaired) electrons. The Morgan fingerprint density at radius 2 is 1.88 bits per heavy atom. The first-order valence-corrected chi connectivity index (χ1v) is 8.55. The van der Waals surface area contributed by atoms with E-state index in [1.165, 1.54) is 4.80 Å². The molecule has 0 saturated heterocycles. The molecule has 1 fully saturated rings. The van der Waals surface area contributed by atoms with Crippen molar-refractivity contribution in [1.82, 2.24) is 20.3 Å². The molecule has 1 N–H and O–H groups in total. The summed E-state index contributed by atoms with van der Waals surface area (Å²) in [4.78, 5) is 25.9. The number of ether oxygens (including phenoxy) is 1. The molecule has 1 unspecified atom stereocenters. The number of carbonyl (C=O) groups is 2. The van der Waals surface area contributed by atoms with E-state index < -0.39 is 12.1 Å². The van der Waals surface area contributed by atoms with Gasteiger partial charge < -0.3 is 10.1 Å². The monoisotopic (exact) mass is 342 g/mol. The van der Waals surface area contributed by atoms with Crippen LogP contribution in [0.25, 0.3) is 5.69 Å². The van der Waals surface area contributed by atoms with Crippen LogP contribution >= 0.6 is 0 Å². The van der Waals surface area contributed by atoms with Gasteiger partial charge in [-0.3, -0.25) is 4.79 Å². The van der Waals surface area contributed by atoms with Gasteiger partial charge in [0, 0.05) is 6.04 Å². The van der Waals surface area contributed by atoms with E-state index in [0.717, 1.165) is 31.4 Å². The lowest BCUT2D eigenvalue weighted by atomic mass is 10.2. The fourth-order valence-electron chi connectivity index (χ4n) is 2.90. The number of hydrogen-bond donors (Lipinski definition) is 1. The van der Waals surface area contributed by atoms with E-state index >= 15 is 0 Å². The molecule has 1 aromatic carbocycles. The highest BCUT2D eigenvalue weighted by Crippen LogP contribution is 2.18. The van der Waals surface area contributed by atoms with Crippen LogP contribution in [0.5, 0.6) is 0 Å². The molecule has 1 aliphatic carbocycles. The van der Waals surface area contributed by atoms with Crippen molar-refractivity contribution in [3.8, 4) is 5.69 Å². The normalized spacial score (nSPS) is 15.8. The molecule has 1 atom stereocenters. The van der Waals surface area contributed by atoms with Crippen LogP contribution in [0.2, 0.25) is 0 Å². The number of hydrogen-bond acceptors (Lipinski definition) is 5. The summed E-state index contributed by atoms with van der Waals surface area (Å²) in [6.45, 7) is 3.26. The zero-order valence-corrected chi connectivity index (χ0v) is 14.4. The number of amides is 1. The van der Waals surface area contributed by atoms with Gasteiger partial charge >= 0.3 is 5.97 Å².